The number of benzene rings is 2. The molecule has 2 aromatic rings. The third-order valence-electron chi connectivity index (χ3n) is 7.60. The number of ether oxygens (including phenoxy) is 2. The van der Waals surface area contributed by atoms with E-state index in [1.54, 1.807) is 0 Å². The highest BCUT2D eigenvalue weighted by Crippen LogP contribution is 2.22. The zero-order valence-corrected chi connectivity index (χ0v) is 33.5. The molecule has 0 aliphatic rings. The van der Waals surface area contributed by atoms with Gasteiger partial charge in [0.2, 0.25) is 0 Å². The van der Waals surface area contributed by atoms with Crippen LogP contribution < -0.4 is 24.0 Å². The minimum Gasteiger partial charge on any atom is -1.00 e. The van der Waals surface area contributed by atoms with Crippen molar-refractivity contribution in [2.24, 2.45) is 4.99 Å². The number of nitrogens with zero attached hydrogens (tertiary/aromatic N) is 4. The number of likely N-dealkylation sites (N-methyl/N-ethyl adjacent to an activating group) is 1. The van der Waals surface area contributed by atoms with E-state index in [0.29, 0.717) is 12.3 Å². The molecule has 2 rings (SSSR count). The summed E-state index contributed by atoms with van der Waals surface area (Å²) in [7, 11) is 0. The fourth-order valence-electron chi connectivity index (χ4n) is 4.45. The van der Waals surface area contributed by atoms with Gasteiger partial charge in [-0.25, -0.2) is 4.99 Å². The van der Waals surface area contributed by atoms with Crippen LogP contribution in [0.5, 0.6) is 0 Å². The molecular weight excluding hydrogens is 826 g/mol. The van der Waals surface area contributed by atoms with E-state index >= 15 is 0 Å². The molecule has 6 nitrogen and oxygen atoms in total. The second kappa shape index (κ2) is 33.3. The maximum Gasteiger partial charge on any atom is 0.133 e. The van der Waals surface area contributed by atoms with E-state index in [0.717, 1.165) is 59.4 Å². The minimum absolute atomic E-state index is 0. The van der Waals surface area contributed by atoms with Gasteiger partial charge in [-0.1, -0.05) is 111 Å². The first-order valence-corrected chi connectivity index (χ1v) is 18.4. The molecule has 256 valence electrons. The molecule has 0 saturated carbocycles. The molecular formula is C35H58I2N4O2S2. The highest BCUT2D eigenvalue weighted by Gasteiger charge is 2.21. The lowest BCUT2D eigenvalue weighted by molar-refractivity contribution is -0.923. The lowest BCUT2D eigenvalue weighted by Crippen LogP contribution is -3.00. The number of isothiocyanates is 1. The lowest BCUT2D eigenvalue weighted by Gasteiger charge is -2.36. The number of rotatable bonds is 19. The summed E-state index contributed by atoms with van der Waals surface area (Å²) in [6, 6.07) is 20.3. The highest BCUT2D eigenvalue weighted by molar-refractivity contribution is 14.1. The standard InChI is InChI=1S/C17H27N2OS.C11H12INOS.C6H15N.CH4.HI/c1-4-19(5-2,6-3)12-13-20-17(14-18-15-21)16-10-8-7-9-11-16;12-6-7-14-11(8-15-9-13)10-4-2-1-3-5-10;1-4-7(5-2)6-3;;/h7-11,17H,4-6,12-14H2,1-3H3;1-5,11H,6-8H2;4-6H2,1-3H3;1H4;1H/q+1;;;;/p-1. The van der Waals surface area contributed by atoms with Crippen LogP contribution in [0, 0.1) is 10.7 Å². The minimum atomic E-state index is -0.0332. The fourth-order valence-corrected chi connectivity index (χ4v) is 5.30. The molecule has 0 radical (unpaired) electrons. The first-order valence-electron chi connectivity index (χ1n) is 15.4. The number of quaternary nitrogens is 1. The van der Waals surface area contributed by atoms with Crippen LogP contribution in [0.25, 0.3) is 0 Å². The molecule has 0 spiro atoms. The van der Waals surface area contributed by atoms with E-state index in [4.69, 9.17) is 14.7 Å². The topological polar surface area (TPSA) is 57.8 Å². The molecule has 0 aromatic heterocycles. The van der Waals surface area contributed by atoms with Crippen LogP contribution in [0.3, 0.4) is 0 Å². The summed E-state index contributed by atoms with van der Waals surface area (Å²) in [5, 5.41) is 13.1. The number of hydrogen-bond donors (Lipinski definition) is 0. The van der Waals surface area contributed by atoms with Crippen molar-refractivity contribution in [3.05, 3.63) is 71.8 Å². The Kier molecular flexibility index (Phi) is 36.1. The Morgan fingerprint density at radius 3 is 1.69 bits per heavy atom. The lowest BCUT2D eigenvalue weighted by atomic mass is 10.1. The quantitative estimate of drug-likeness (QED) is 0.0425. The Morgan fingerprint density at radius 2 is 1.31 bits per heavy atom. The van der Waals surface area contributed by atoms with Gasteiger partial charge in [-0.2, -0.15) is 5.26 Å². The molecule has 10 heteroatoms. The fraction of sp³-hybridized carbons (Fsp3) is 0.600. The van der Waals surface area contributed by atoms with Gasteiger partial charge in [0.15, 0.2) is 0 Å². The summed E-state index contributed by atoms with van der Waals surface area (Å²) >= 11 is 8.19. The van der Waals surface area contributed by atoms with Gasteiger partial charge < -0.3 is 42.8 Å². The Labute approximate surface area is 316 Å². The van der Waals surface area contributed by atoms with E-state index in [9.17, 15) is 0 Å². The number of thiocyanates is 1. The van der Waals surface area contributed by atoms with Crippen LogP contribution in [0.4, 0.5) is 0 Å². The number of thiocarbonyl (C=S) groups is 1. The first-order chi connectivity index (χ1) is 20.9. The largest absolute Gasteiger partial charge is 1.00 e. The van der Waals surface area contributed by atoms with Gasteiger partial charge in [0.25, 0.3) is 0 Å². The number of aliphatic imine (C=N–C) groups is 1. The first kappa shape index (κ1) is 48.8. The average Bonchev–Trinajstić information content (AvgIpc) is 3.07. The summed E-state index contributed by atoms with van der Waals surface area (Å²) in [5.74, 6) is 0.692. The second-order valence-electron chi connectivity index (χ2n) is 9.70. The molecule has 0 aliphatic carbocycles. The molecule has 2 aromatic carbocycles. The van der Waals surface area contributed by atoms with Crippen molar-refractivity contribution in [1.29, 1.82) is 5.26 Å². The molecule has 2 atom stereocenters. The molecule has 0 bridgehead atoms. The molecule has 0 N–H and O–H groups in total. The van der Waals surface area contributed by atoms with Gasteiger partial charge in [-0.3, -0.25) is 0 Å². The zero-order valence-electron chi connectivity index (χ0n) is 27.6. The van der Waals surface area contributed by atoms with Crippen LogP contribution in [0.1, 0.15) is 72.3 Å². The van der Waals surface area contributed by atoms with Crippen LogP contribution in [-0.2, 0) is 9.47 Å². The number of nitriles is 1. The molecule has 0 fully saturated rings. The molecule has 2 unspecified atom stereocenters. The highest BCUT2D eigenvalue weighted by atomic mass is 127. The van der Waals surface area contributed by atoms with Crippen LogP contribution in [0.2, 0.25) is 0 Å². The van der Waals surface area contributed by atoms with Crippen molar-refractivity contribution < 1.29 is 37.9 Å². The number of hydrogen-bond acceptors (Lipinski definition) is 7. The van der Waals surface area contributed by atoms with E-state index < -0.39 is 0 Å². The number of halogens is 2. The second-order valence-corrected chi connectivity index (χ2v) is 11.8. The van der Waals surface area contributed by atoms with Crippen LogP contribution in [0.15, 0.2) is 65.7 Å². The summed E-state index contributed by atoms with van der Waals surface area (Å²) in [4.78, 5) is 6.43. The average molecular weight is 885 g/mol. The smallest absolute Gasteiger partial charge is 0.133 e. The maximum absolute atomic E-state index is 8.54. The van der Waals surface area contributed by atoms with Crippen molar-refractivity contribution in [3.8, 4) is 5.40 Å². The third kappa shape index (κ3) is 22.6. The van der Waals surface area contributed by atoms with E-state index in [-0.39, 0.29) is 43.6 Å². The van der Waals surface area contributed by atoms with E-state index in [1.807, 2.05) is 48.5 Å². The molecule has 0 saturated heterocycles. The Bertz CT molecular complexity index is 988. The Hall–Kier alpha value is -0.620. The van der Waals surface area contributed by atoms with Crippen molar-refractivity contribution >= 4 is 51.7 Å². The van der Waals surface area contributed by atoms with Crippen molar-refractivity contribution in [2.45, 2.75) is 61.2 Å². The van der Waals surface area contributed by atoms with Gasteiger partial charge in [-0.15, -0.1) is 0 Å². The van der Waals surface area contributed by atoms with Crippen molar-refractivity contribution in [2.75, 3.05) is 75.8 Å². The third-order valence-corrected chi connectivity index (χ3v) is 8.77. The van der Waals surface area contributed by atoms with Crippen LogP contribution in [-0.4, -0.2) is 90.3 Å². The summed E-state index contributed by atoms with van der Waals surface area (Å²) in [6.07, 6.45) is -0.000246. The van der Waals surface area contributed by atoms with Crippen LogP contribution >= 0.6 is 46.6 Å². The van der Waals surface area contributed by atoms with Gasteiger partial charge in [-0.05, 0) is 75.5 Å². The number of thioether (sulfide) groups is 1. The van der Waals surface area contributed by atoms with Crippen molar-refractivity contribution in [3.63, 3.8) is 0 Å². The van der Waals surface area contributed by atoms with E-state index in [1.165, 1.54) is 31.4 Å². The molecule has 45 heavy (non-hydrogen) atoms. The van der Waals surface area contributed by atoms with E-state index in [2.05, 4.69) is 109 Å². The monoisotopic (exact) mass is 884 g/mol. The summed E-state index contributed by atoms with van der Waals surface area (Å²) in [6.45, 7) is 23.3. The van der Waals surface area contributed by atoms with Gasteiger partial charge >= 0.3 is 0 Å². The van der Waals surface area contributed by atoms with Gasteiger partial charge in [0.05, 0.1) is 50.7 Å². The zero-order chi connectivity index (χ0) is 32.2. The summed E-state index contributed by atoms with van der Waals surface area (Å²) < 4.78 is 13.9. The van der Waals surface area contributed by atoms with Gasteiger partial charge in [0.1, 0.15) is 18.0 Å². The van der Waals surface area contributed by atoms with Crippen molar-refractivity contribution in [1.82, 2.24) is 4.90 Å². The predicted octanol–water partition coefficient (Wildman–Crippen LogP) is 6.11. The Balaban J connectivity index is -0.000000644. The maximum atomic E-state index is 8.54. The summed E-state index contributed by atoms with van der Waals surface area (Å²) in [5.41, 5.74) is 2.29. The SMILES string of the molecule is C.CCN(CC)CC.CC[N+](CC)(CC)CCOC(CN=C=S)c1ccccc1.N#CSCC(OCCI)c1ccccc1.[I-]. The molecule has 0 aliphatic heterocycles. The Morgan fingerprint density at radius 1 is 0.844 bits per heavy atom. The molecule has 0 amide bonds. The van der Waals surface area contributed by atoms with Gasteiger partial charge in [0, 0.05) is 10.2 Å². The molecule has 0 heterocycles. The predicted molar refractivity (Wildman–Crippen MR) is 204 cm³/mol. The normalized spacial score (nSPS) is 11.5. The number of alkyl halides is 1.